The normalized spacial score (nSPS) is 16.4. The lowest BCUT2D eigenvalue weighted by molar-refractivity contribution is -0.145. The molecule has 288 valence electrons. The van der Waals surface area contributed by atoms with Crippen LogP contribution in [0.4, 0.5) is 0 Å². The lowest BCUT2D eigenvalue weighted by Crippen LogP contribution is -2.36. The van der Waals surface area contributed by atoms with Crippen LogP contribution in [0.2, 0.25) is 0 Å². The van der Waals surface area contributed by atoms with Gasteiger partial charge in [-0.1, -0.05) is 39.8 Å². The number of hydrogen-bond acceptors (Lipinski definition) is 11. The fourth-order valence-electron chi connectivity index (χ4n) is 6.12. The van der Waals surface area contributed by atoms with Crippen molar-refractivity contribution in [2.24, 2.45) is 17.8 Å². The lowest BCUT2D eigenvalue weighted by Gasteiger charge is -2.36. The smallest absolute Gasteiger partial charge is 0.343 e. The van der Waals surface area contributed by atoms with Crippen LogP contribution in [0.25, 0.3) is 0 Å². The fourth-order valence-corrected chi connectivity index (χ4v) is 6.12. The highest BCUT2D eigenvalue weighted by molar-refractivity contribution is 5.92. The summed E-state index contributed by atoms with van der Waals surface area (Å²) < 4.78 is 38.6. The minimum atomic E-state index is -0.613. The van der Waals surface area contributed by atoms with E-state index in [1.54, 1.807) is 54.6 Å². The SMILES string of the molecule is C=CCOc1ccc(C(=O)OCCOc2ccc(C(=O)Oc3ccc(OC(=O)c4ccc(OC(=O)COC5CC(C)CCC5C(C)C)cc4)cc3)cc2)cc1. The number of carbonyl (C=O) groups is 4. The van der Waals surface area contributed by atoms with Crippen molar-refractivity contribution in [2.45, 2.75) is 46.1 Å². The topological polar surface area (TPSA) is 133 Å². The molecule has 11 heteroatoms. The maximum atomic E-state index is 12.7. The molecular formula is C44H46O11. The van der Waals surface area contributed by atoms with Crippen LogP contribution in [0.15, 0.2) is 110 Å². The summed E-state index contributed by atoms with van der Waals surface area (Å²) >= 11 is 0. The van der Waals surface area contributed by atoms with E-state index in [4.69, 9.17) is 33.2 Å². The molecule has 0 N–H and O–H groups in total. The maximum Gasteiger partial charge on any atom is 0.343 e. The van der Waals surface area contributed by atoms with Crippen LogP contribution in [-0.2, 0) is 14.3 Å². The van der Waals surface area contributed by atoms with Crippen molar-refractivity contribution < 1.29 is 52.3 Å². The van der Waals surface area contributed by atoms with E-state index in [9.17, 15) is 19.2 Å². The van der Waals surface area contributed by atoms with Gasteiger partial charge in [-0.15, -0.1) is 0 Å². The minimum Gasteiger partial charge on any atom is -0.490 e. The van der Waals surface area contributed by atoms with Gasteiger partial charge in [0.15, 0.2) is 0 Å². The highest BCUT2D eigenvalue weighted by atomic mass is 16.6. The van der Waals surface area contributed by atoms with Gasteiger partial charge >= 0.3 is 23.9 Å². The van der Waals surface area contributed by atoms with E-state index in [-0.39, 0.29) is 48.6 Å². The molecular weight excluding hydrogens is 704 g/mol. The molecule has 1 fully saturated rings. The second-order valence-corrected chi connectivity index (χ2v) is 13.6. The molecule has 3 unspecified atom stereocenters. The Balaban J connectivity index is 1.01. The Morgan fingerprint density at radius 3 is 1.64 bits per heavy atom. The first-order valence-corrected chi connectivity index (χ1v) is 18.3. The van der Waals surface area contributed by atoms with E-state index in [1.165, 1.54) is 55.0 Å². The Hall–Kier alpha value is -5.94. The van der Waals surface area contributed by atoms with Crippen LogP contribution in [-0.4, -0.2) is 56.4 Å². The summed E-state index contributed by atoms with van der Waals surface area (Å²) in [4.78, 5) is 50.2. The van der Waals surface area contributed by atoms with Gasteiger partial charge in [-0.2, -0.15) is 0 Å². The maximum absolute atomic E-state index is 12.7. The number of rotatable bonds is 17. The fraction of sp³-hybridized carbons (Fsp3) is 0.318. The first kappa shape index (κ1) is 40.2. The van der Waals surface area contributed by atoms with Crippen LogP contribution in [0.3, 0.4) is 0 Å². The molecule has 0 heterocycles. The zero-order valence-corrected chi connectivity index (χ0v) is 31.3. The third kappa shape index (κ3) is 12.3. The summed E-state index contributed by atoms with van der Waals surface area (Å²) in [6.45, 7) is 10.6. The van der Waals surface area contributed by atoms with Crippen LogP contribution >= 0.6 is 0 Å². The van der Waals surface area contributed by atoms with Gasteiger partial charge in [0.2, 0.25) is 0 Å². The second kappa shape index (κ2) is 19.9. The Labute approximate surface area is 321 Å². The molecule has 0 radical (unpaired) electrons. The highest BCUT2D eigenvalue weighted by Crippen LogP contribution is 2.35. The van der Waals surface area contributed by atoms with E-state index in [0.29, 0.717) is 47.2 Å². The average molecular weight is 751 g/mol. The summed E-state index contributed by atoms with van der Waals surface area (Å²) in [7, 11) is 0. The molecule has 0 saturated heterocycles. The van der Waals surface area contributed by atoms with Crippen molar-refractivity contribution in [1.29, 1.82) is 0 Å². The molecule has 0 aliphatic heterocycles. The number of benzene rings is 4. The summed E-state index contributed by atoms with van der Waals surface area (Å²) in [5, 5.41) is 0. The monoisotopic (exact) mass is 750 g/mol. The Morgan fingerprint density at radius 2 is 1.11 bits per heavy atom. The largest absolute Gasteiger partial charge is 0.490 e. The van der Waals surface area contributed by atoms with E-state index in [0.717, 1.165) is 12.8 Å². The van der Waals surface area contributed by atoms with Crippen LogP contribution in [0.1, 0.15) is 71.1 Å². The van der Waals surface area contributed by atoms with Crippen molar-refractivity contribution >= 4 is 23.9 Å². The predicted octanol–water partition coefficient (Wildman–Crippen LogP) is 8.31. The van der Waals surface area contributed by atoms with E-state index in [2.05, 4.69) is 27.4 Å². The molecule has 5 rings (SSSR count). The molecule has 0 bridgehead atoms. The van der Waals surface area contributed by atoms with Crippen molar-refractivity contribution in [2.75, 3.05) is 26.4 Å². The van der Waals surface area contributed by atoms with Crippen molar-refractivity contribution in [3.05, 3.63) is 126 Å². The zero-order chi connectivity index (χ0) is 39.2. The molecule has 1 aliphatic carbocycles. The average Bonchev–Trinajstić information content (AvgIpc) is 3.19. The zero-order valence-electron chi connectivity index (χ0n) is 31.3. The molecule has 0 spiro atoms. The number of esters is 4. The van der Waals surface area contributed by atoms with Crippen molar-refractivity contribution in [1.82, 2.24) is 0 Å². The third-order valence-corrected chi connectivity index (χ3v) is 9.08. The molecule has 0 aromatic heterocycles. The number of hydrogen-bond donors (Lipinski definition) is 0. The Bertz CT molecular complexity index is 1880. The van der Waals surface area contributed by atoms with Gasteiger partial charge in [0, 0.05) is 0 Å². The molecule has 4 aromatic carbocycles. The van der Waals surface area contributed by atoms with Gasteiger partial charge < -0.3 is 33.2 Å². The van der Waals surface area contributed by atoms with Gasteiger partial charge in [-0.25, -0.2) is 19.2 Å². The number of ether oxygens (including phenoxy) is 7. The highest BCUT2D eigenvalue weighted by Gasteiger charge is 2.32. The standard InChI is InChI=1S/C44H46O11/c1-5-24-49-34-13-7-31(8-14-34)42(46)51-26-25-50-35-15-9-32(10-16-35)43(47)54-37-19-21-38(22-20-37)55-44(48)33-11-17-36(18-12-33)53-41(45)28-52-40-27-30(4)6-23-39(40)29(2)3/h5,7-22,29-30,39-40H,1,6,23-28H2,2-4H3. The summed E-state index contributed by atoms with van der Waals surface area (Å²) in [6.07, 6.45) is 4.87. The van der Waals surface area contributed by atoms with Crippen LogP contribution < -0.4 is 23.7 Å². The summed E-state index contributed by atoms with van der Waals surface area (Å²) in [5.41, 5.74) is 0.931. The predicted molar refractivity (Wildman–Crippen MR) is 204 cm³/mol. The lowest BCUT2D eigenvalue weighted by atomic mass is 9.75. The molecule has 1 aliphatic rings. The van der Waals surface area contributed by atoms with Gasteiger partial charge in [0.25, 0.3) is 0 Å². The van der Waals surface area contributed by atoms with Gasteiger partial charge in [0.1, 0.15) is 55.2 Å². The first-order chi connectivity index (χ1) is 26.6. The minimum absolute atomic E-state index is 0.0290. The van der Waals surface area contributed by atoms with Crippen LogP contribution in [0, 0.1) is 17.8 Å². The Kier molecular flexibility index (Phi) is 14.6. The van der Waals surface area contributed by atoms with Gasteiger partial charge in [-0.3, -0.25) is 0 Å². The molecule has 11 nitrogen and oxygen atoms in total. The van der Waals surface area contributed by atoms with E-state index in [1.807, 2.05) is 0 Å². The van der Waals surface area contributed by atoms with Crippen molar-refractivity contribution in [3.8, 4) is 28.7 Å². The van der Waals surface area contributed by atoms with E-state index < -0.39 is 23.9 Å². The van der Waals surface area contributed by atoms with Gasteiger partial charge in [0.05, 0.1) is 22.8 Å². The Morgan fingerprint density at radius 1 is 0.636 bits per heavy atom. The first-order valence-electron chi connectivity index (χ1n) is 18.3. The molecule has 1 saturated carbocycles. The molecule has 3 atom stereocenters. The van der Waals surface area contributed by atoms with Crippen molar-refractivity contribution in [3.63, 3.8) is 0 Å². The molecule has 55 heavy (non-hydrogen) atoms. The second-order valence-electron chi connectivity index (χ2n) is 13.6. The molecule has 0 amide bonds. The quantitative estimate of drug-likeness (QED) is 0.0447. The van der Waals surface area contributed by atoms with Gasteiger partial charge in [-0.05, 0) is 128 Å². The molecule has 4 aromatic rings. The third-order valence-electron chi connectivity index (χ3n) is 9.08. The van der Waals surface area contributed by atoms with E-state index >= 15 is 0 Å². The van der Waals surface area contributed by atoms with Crippen LogP contribution in [0.5, 0.6) is 28.7 Å². The number of carbonyl (C=O) groups excluding carboxylic acids is 4. The summed E-state index contributed by atoms with van der Waals surface area (Å²) in [6, 6.07) is 25.0. The summed E-state index contributed by atoms with van der Waals surface area (Å²) in [5.74, 6) is 1.16.